The number of hydrogen-bond acceptors (Lipinski definition) is 6. The fraction of sp³-hybridized carbons (Fsp3) is 0.455. The molecule has 1 aromatic heterocycles. The Bertz CT molecular complexity index is 477. The maximum Gasteiger partial charge on any atom is 0.310 e. The molecule has 94 valence electrons. The minimum absolute atomic E-state index is 0.0335. The summed E-state index contributed by atoms with van der Waals surface area (Å²) in [5.74, 6) is 0. The molecule has 0 spiro atoms. The molecule has 1 fully saturated rings. The van der Waals surface area contributed by atoms with E-state index in [1.807, 2.05) is 9.80 Å². The van der Waals surface area contributed by atoms with Crippen LogP contribution in [0.5, 0.6) is 0 Å². The van der Waals surface area contributed by atoms with E-state index in [0.717, 1.165) is 13.1 Å². The van der Waals surface area contributed by atoms with E-state index in [9.17, 15) is 10.1 Å². The van der Waals surface area contributed by atoms with Crippen molar-refractivity contribution in [2.75, 3.05) is 37.6 Å². The fourth-order valence-electron chi connectivity index (χ4n) is 2.03. The molecule has 7 nitrogen and oxygen atoms in total. The fourth-order valence-corrected chi connectivity index (χ4v) is 2.03. The van der Waals surface area contributed by atoms with Gasteiger partial charge in [0.1, 0.15) is 11.9 Å². The van der Waals surface area contributed by atoms with E-state index in [4.69, 9.17) is 5.26 Å². The van der Waals surface area contributed by atoms with E-state index in [1.165, 1.54) is 6.20 Å². The van der Waals surface area contributed by atoms with Crippen LogP contribution in [0.15, 0.2) is 18.5 Å². The molecule has 2 rings (SSSR count). The monoisotopic (exact) mass is 247 g/mol. The third-order valence-corrected chi connectivity index (χ3v) is 2.98. The normalized spacial score (nSPS) is 16.3. The van der Waals surface area contributed by atoms with Crippen molar-refractivity contribution in [3.8, 4) is 6.07 Å². The van der Waals surface area contributed by atoms with Crippen LogP contribution in [0.2, 0.25) is 0 Å². The van der Waals surface area contributed by atoms with E-state index in [2.05, 4.69) is 11.1 Å². The molecular formula is C11H13N5O2. The Morgan fingerprint density at radius 3 is 2.78 bits per heavy atom. The minimum atomic E-state index is -0.413. The zero-order valence-electron chi connectivity index (χ0n) is 9.82. The van der Waals surface area contributed by atoms with Gasteiger partial charge in [-0.05, 0) is 6.07 Å². The highest BCUT2D eigenvalue weighted by Crippen LogP contribution is 2.27. The summed E-state index contributed by atoms with van der Waals surface area (Å²) < 4.78 is 0. The van der Waals surface area contributed by atoms with Gasteiger partial charge >= 0.3 is 5.69 Å². The molecule has 0 radical (unpaired) electrons. The number of pyridine rings is 1. The molecule has 0 unspecified atom stereocenters. The summed E-state index contributed by atoms with van der Waals surface area (Å²) in [7, 11) is 0. The molecule has 1 aliphatic rings. The lowest BCUT2D eigenvalue weighted by atomic mass is 10.2. The number of nitro groups is 1. The molecule has 0 N–H and O–H groups in total. The van der Waals surface area contributed by atoms with Crippen LogP contribution in [-0.2, 0) is 0 Å². The van der Waals surface area contributed by atoms with E-state index < -0.39 is 4.92 Å². The van der Waals surface area contributed by atoms with Crippen molar-refractivity contribution in [3.05, 3.63) is 28.6 Å². The first-order valence-corrected chi connectivity index (χ1v) is 5.65. The predicted molar refractivity (Wildman–Crippen MR) is 65.2 cm³/mol. The quantitative estimate of drug-likeness (QED) is 0.442. The Labute approximate surface area is 104 Å². The average Bonchev–Trinajstić information content (AvgIpc) is 2.40. The van der Waals surface area contributed by atoms with Crippen LogP contribution in [0.3, 0.4) is 0 Å². The van der Waals surface area contributed by atoms with Crippen LogP contribution in [0, 0.1) is 21.4 Å². The van der Waals surface area contributed by atoms with Crippen molar-refractivity contribution in [1.29, 1.82) is 5.26 Å². The molecule has 2 heterocycles. The van der Waals surface area contributed by atoms with Gasteiger partial charge in [0, 0.05) is 32.4 Å². The van der Waals surface area contributed by atoms with Crippen molar-refractivity contribution in [2.24, 2.45) is 0 Å². The molecule has 7 heteroatoms. The van der Waals surface area contributed by atoms with Gasteiger partial charge in [0.05, 0.1) is 17.5 Å². The Morgan fingerprint density at radius 1 is 1.44 bits per heavy atom. The van der Waals surface area contributed by atoms with E-state index in [0.29, 0.717) is 25.3 Å². The Balaban J connectivity index is 2.10. The predicted octanol–water partition coefficient (Wildman–Crippen LogP) is 0.635. The van der Waals surface area contributed by atoms with Crippen LogP contribution in [0.25, 0.3) is 0 Å². The molecule has 0 aromatic carbocycles. The topological polar surface area (TPSA) is 86.3 Å². The summed E-state index contributed by atoms with van der Waals surface area (Å²) in [4.78, 5) is 18.3. The maximum atomic E-state index is 10.9. The zero-order valence-corrected chi connectivity index (χ0v) is 9.82. The highest BCUT2D eigenvalue weighted by atomic mass is 16.6. The van der Waals surface area contributed by atoms with Gasteiger partial charge in [-0.15, -0.1) is 0 Å². The van der Waals surface area contributed by atoms with Gasteiger partial charge < -0.3 is 4.90 Å². The largest absolute Gasteiger partial charge is 0.363 e. The van der Waals surface area contributed by atoms with Gasteiger partial charge in [0.15, 0.2) is 0 Å². The molecule has 0 aliphatic carbocycles. The smallest absolute Gasteiger partial charge is 0.310 e. The zero-order chi connectivity index (χ0) is 13.0. The lowest BCUT2D eigenvalue weighted by Crippen LogP contribution is -2.46. The van der Waals surface area contributed by atoms with Crippen LogP contribution in [-0.4, -0.2) is 47.5 Å². The van der Waals surface area contributed by atoms with E-state index in [1.54, 1.807) is 12.3 Å². The summed E-state index contributed by atoms with van der Waals surface area (Å²) in [6.45, 7) is 3.27. The number of hydrogen-bond donors (Lipinski definition) is 0. The number of nitriles is 1. The van der Waals surface area contributed by atoms with Crippen molar-refractivity contribution >= 4 is 11.4 Å². The number of piperazine rings is 1. The first-order valence-electron chi connectivity index (χ1n) is 5.65. The van der Waals surface area contributed by atoms with Gasteiger partial charge in [-0.2, -0.15) is 5.26 Å². The second-order valence-electron chi connectivity index (χ2n) is 4.04. The van der Waals surface area contributed by atoms with Gasteiger partial charge in [0.25, 0.3) is 0 Å². The molecule has 0 amide bonds. The average molecular weight is 247 g/mol. The highest BCUT2D eigenvalue weighted by molar-refractivity contribution is 5.61. The Morgan fingerprint density at radius 2 is 2.17 bits per heavy atom. The number of rotatable bonds is 3. The van der Waals surface area contributed by atoms with Gasteiger partial charge in [-0.3, -0.25) is 20.0 Å². The Kier molecular flexibility index (Phi) is 3.69. The van der Waals surface area contributed by atoms with E-state index in [-0.39, 0.29) is 5.69 Å². The van der Waals surface area contributed by atoms with Crippen LogP contribution in [0.1, 0.15) is 0 Å². The first kappa shape index (κ1) is 12.3. The minimum Gasteiger partial charge on any atom is -0.363 e. The number of nitrogens with zero attached hydrogens (tertiary/aromatic N) is 5. The second-order valence-corrected chi connectivity index (χ2v) is 4.04. The van der Waals surface area contributed by atoms with Gasteiger partial charge in [0.2, 0.25) is 0 Å². The summed E-state index contributed by atoms with van der Waals surface area (Å²) >= 11 is 0. The maximum absolute atomic E-state index is 10.9. The highest BCUT2D eigenvalue weighted by Gasteiger charge is 2.23. The Hall–Kier alpha value is -2.20. The molecule has 18 heavy (non-hydrogen) atoms. The van der Waals surface area contributed by atoms with Crippen molar-refractivity contribution in [3.63, 3.8) is 0 Å². The van der Waals surface area contributed by atoms with Crippen molar-refractivity contribution in [1.82, 2.24) is 9.88 Å². The summed E-state index contributed by atoms with van der Waals surface area (Å²) in [5, 5.41) is 19.5. The molecule has 1 saturated heterocycles. The summed E-state index contributed by atoms with van der Waals surface area (Å²) in [6.07, 6.45) is 2.83. The molecule has 0 saturated carbocycles. The number of anilines is 1. The van der Waals surface area contributed by atoms with Crippen LogP contribution < -0.4 is 4.90 Å². The number of aromatic nitrogens is 1. The van der Waals surface area contributed by atoms with E-state index >= 15 is 0 Å². The van der Waals surface area contributed by atoms with Crippen molar-refractivity contribution in [2.45, 2.75) is 0 Å². The third kappa shape index (κ3) is 2.55. The molecular weight excluding hydrogens is 234 g/mol. The standard InChI is InChI=1S/C11H13N5O2/c12-2-4-14-5-7-15(8-6-14)10-1-3-13-9-11(10)16(17)18/h1,3,9H,4-8H2. The third-order valence-electron chi connectivity index (χ3n) is 2.98. The SMILES string of the molecule is N#CCN1CCN(c2ccncc2[N+](=O)[O-])CC1. The van der Waals surface area contributed by atoms with Crippen LogP contribution in [0.4, 0.5) is 11.4 Å². The second kappa shape index (κ2) is 5.42. The lowest BCUT2D eigenvalue weighted by molar-refractivity contribution is -0.384. The summed E-state index contributed by atoms with van der Waals surface area (Å²) in [6, 6.07) is 3.78. The molecule has 1 aromatic rings. The van der Waals surface area contributed by atoms with Gasteiger partial charge in [-0.25, -0.2) is 0 Å². The summed E-state index contributed by atoms with van der Waals surface area (Å²) in [5.41, 5.74) is 0.637. The molecule has 0 bridgehead atoms. The first-order chi connectivity index (χ1) is 8.72. The van der Waals surface area contributed by atoms with Gasteiger partial charge in [-0.1, -0.05) is 0 Å². The molecule has 1 aliphatic heterocycles. The molecule has 0 atom stereocenters. The lowest BCUT2D eigenvalue weighted by Gasteiger charge is -2.34. The van der Waals surface area contributed by atoms with Crippen LogP contribution >= 0.6 is 0 Å². The van der Waals surface area contributed by atoms with Crippen molar-refractivity contribution < 1.29 is 4.92 Å².